The van der Waals surface area contributed by atoms with Crippen molar-refractivity contribution in [3.8, 4) is 0 Å². The van der Waals surface area contributed by atoms with Gasteiger partial charge in [0, 0.05) is 6.04 Å². The van der Waals surface area contributed by atoms with Crippen molar-refractivity contribution in [3.05, 3.63) is 30.1 Å². The number of fused-ring (bicyclic) bond motifs is 1. The maximum atomic E-state index is 4.82. The second-order valence-electron chi connectivity index (χ2n) is 4.81. The molecule has 1 aliphatic rings. The zero-order chi connectivity index (χ0) is 11.8. The summed E-state index contributed by atoms with van der Waals surface area (Å²) in [5.74, 6) is 1.21. The fourth-order valence-corrected chi connectivity index (χ4v) is 2.54. The van der Waals surface area contributed by atoms with Crippen molar-refractivity contribution in [2.24, 2.45) is 0 Å². The summed E-state index contributed by atoms with van der Waals surface area (Å²) in [7, 11) is 2.02. The number of hydrogen-bond donors (Lipinski definition) is 1. The van der Waals surface area contributed by atoms with E-state index >= 15 is 0 Å². The fraction of sp³-hybridized carbons (Fsp3) is 0.500. The molecular formula is C14H19N3. The van der Waals surface area contributed by atoms with Gasteiger partial charge in [0.15, 0.2) is 0 Å². The van der Waals surface area contributed by atoms with E-state index < -0.39 is 0 Å². The van der Waals surface area contributed by atoms with Gasteiger partial charge in [-0.25, -0.2) is 4.98 Å². The average Bonchev–Trinajstić information content (AvgIpc) is 3.12. The van der Waals surface area contributed by atoms with Gasteiger partial charge < -0.3 is 9.88 Å². The highest BCUT2D eigenvalue weighted by molar-refractivity contribution is 5.76. The van der Waals surface area contributed by atoms with Gasteiger partial charge in [-0.1, -0.05) is 19.1 Å². The maximum absolute atomic E-state index is 4.82. The Bertz CT molecular complexity index is 521. The van der Waals surface area contributed by atoms with E-state index in [1.165, 1.54) is 24.2 Å². The molecule has 1 N–H and O–H groups in total. The number of benzene rings is 1. The molecule has 0 amide bonds. The van der Waals surface area contributed by atoms with Crippen molar-refractivity contribution >= 4 is 11.0 Å². The molecule has 0 saturated heterocycles. The Hall–Kier alpha value is -1.35. The summed E-state index contributed by atoms with van der Waals surface area (Å²) >= 11 is 0. The van der Waals surface area contributed by atoms with Gasteiger partial charge in [0.1, 0.15) is 5.82 Å². The van der Waals surface area contributed by atoms with Crippen LogP contribution in [0, 0.1) is 0 Å². The second-order valence-corrected chi connectivity index (χ2v) is 4.81. The van der Waals surface area contributed by atoms with Gasteiger partial charge in [-0.05, 0) is 38.4 Å². The van der Waals surface area contributed by atoms with Crippen molar-refractivity contribution in [2.75, 3.05) is 7.05 Å². The molecule has 0 spiro atoms. The molecule has 1 atom stereocenters. The maximum Gasteiger partial charge on any atom is 0.127 e. The first-order valence-corrected chi connectivity index (χ1v) is 6.49. The monoisotopic (exact) mass is 229 g/mol. The minimum atomic E-state index is 0.364. The molecule has 0 bridgehead atoms. The van der Waals surface area contributed by atoms with E-state index in [2.05, 4.69) is 41.1 Å². The van der Waals surface area contributed by atoms with Crippen molar-refractivity contribution in [2.45, 2.75) is 38.3 Å². The Balaban J connectivity index is 2.18. The third-order valence-corrected chi connectivity index (χ3v) is 3.60. The van der Waals surface area contributed by atoms with E-state index in [1.54, 1.807) is 0 Å². The van der Waals surface area contributed by atoms with Crippen molar-refractivity contribution in [3.63, 3.8) is 0 Å². The van der Waals surface area contributed by atoms with Crippen molar-refractivity contribution in [1.29, 1.82) is 0 Å². The normalized spacial score (nSPS) is 17.5. The summed E-state index contributed by atoms with van der Waals surface area (Å²) in [5, 5.41) is 3.37. The standard InChI is InChI=1S/C14H19N3/c1-3-11(15-2)14-16-12-6-4-5-7-13(12)17(14)10-8-9-10/h4-7,10-11,15H,3,8-9H2,1-2H3. The van der Waals surface area contributed by atoms with Gasteiger partial charge in [0.2, 0.25) is 0 Å². The number of rotatable bonds is 4. The van der Waals surface area contributed by atoms with Gasteiger partial charge in [-0.2, -0.15) is 0 Å². The summed E-state index contributed by atoms with van der Waals surface area (Å²) in [4.78, 5) is 4.82. The molecule has 1 aromatic heterocycles. The molecule has 1 saturated carbocycles. The molecule has 1 aromatic carbocycles. The summed E-state index contributed by atoms with van der Waals surface area (Å²) in [6, 6.07) is 9.51. The molecule has 1 fully saturated rings. The van der Waals surface area contributed by atoms with Crippen LogP contribution in [0.15, 0.2) is 24.3 Å². The SMILES string of the molecule is CCC(NC)c1nc2ccccc2n1C1CC1. The lowest BCUT2D eigenvalue weighted by Crippen LogP contribution is -2.19. The molecule has 0 radical (unpaired) electrons. The Kier molecular flexibility index (Phi) is 2.63. The van der Waals surface area contributed by atoms with Crippen LogP contribution in [-0.2, 0) is 0 Å². The molecule has 1 heterocycles. The topological polar surface area (TPSA) is 29.9 Å². The first-order chi connectivity index (χ1) is 8.35. The third-order valence-electron chi connectivity index (χ3n) is 3.60. The van der Waals surface area contributed by atoms with Crippen molar-refractivity contribution in [1.82, 2.24) is 14.9 Å². The first kappa shape index (κ1) is 10.8. The number of para-hydroxylation sites is 2. The second kappa shape index (κ2) is 4.15. The number of aromatic nitrogens is 2. The molecule has 3 rings (SSSR count). The predicted molar refractivity (Wildman–Crippen MR) is 70.1 cm³/mol. The largest absolute Gasteiger partial charge is 0.324 e. The molecule has 1 aliphatic carbocycles. The van der Waals surface area contributed by atoms with E-state index in [9.17, 15) is 0 Å². The quantitative estimate of drug-likeness (QED) is 0.873. The van der Waals surface area contributed by atoms with E-state index in [-0.39, 0.29) is 0 Å². The Labute approximate surface area is 102 Å². The first-order valence-electron chi connectivity index (χ1n) is 6.49. The third kappa shape index (κ3) is 1.75. The van der Waals surface area contributed by atoms with Crippen molar-refractivity contribution < 1.29 is 0 Å². The highest BCUT2D eigenvalue weighted by Gasteiger charge is 2.29. The van der Waals surface area contributed by atoms with Gasteiger partial charge in [0.05, 0.1) is 17.1 Å². The van der Waals surface area contributed by atoms with Crippen LogP contribution in [0.1, 0.15) is 44.1 Å². The fourth-order valence-electron chi connectivity index (χ4n) is 2.54. The average molecular weight is 229 g/mol. The van der Waals surface area contributed by atoms with Gasteiger partial charge in [-0.15, -0.1) is 0 Å². The Morgan fingerprint density at radius 1 is 1.41 bits per heavy atom. The lowest BCUT2D eigenvalue weighted by Gasteiger charge is -2.15. The zero-order valence-corrected chi connectivity index (χ0v) is 10.5. The number of imidazole rings is 1. The summed E-state index contributed by atoms with van der Waals surface area (Å²) < 4.78 is 2.44. The predicted octanol–water partition coefficient (Wildman–Crippen LogP) is 3.04. The highest BCUT2D eigenvalue weighted by atomic mass is 15.2. The van der Waals surface area contributed by atoms with E-state index in [4.69, 9.17) is 4.98 Å². The van der Waals surface area contributed by atoms with Crippen LogP contribution in [0.3, 0.4) is 0 Å². The Morgan fingerprint density at radius 2 is 2.18 bits per heavy atom. The van der Waals surface area contributed by atoms with Gasteiger partial charge in [0.25, 0.3) is 0 Å². The lowest BCUT2D eigenvalue weighted by molar-refractivity contribution is 0.514. The highest BCUT2D eigenvalue weighted by Crippen LogP contribution is 2.40. The molecule has 0 aliphatic heterocycles. The lowest BCUT2D eigenvalue weighted by atomic mass is 10.2. The number of nitrogens with zero attached hydrogens (tertiary/aromatic N) is 2. The van der Waals surface area contributed by atoms with Crippen LogP contribution in [0.5, 0.6) is 0 Å². The van der Waals surface area contributed by atoms with E-state index in [1.807, 2.05) is 7.05 Å². The molecule has 17 heavy (non-hydrogen) atoms. The molecule has 3 heteroatoms. The van der Waals surface area contributed by atoms with Gasteiger partial charge in [-0.3, -0.25) is 0 Å². The van der Waals surface area contributed by atoms with Gasteiger partial charge >= 0.3 is 0 Å². The number of nitrogens with one attached hydrogen (secondary N) is 1. The van der Waals surface area contributed by atoms with Crippen LogP contribution in [0.4, 0.5) is 0 Å². The minimum Gasteiger partial charge on any atom is -0.324 e. The Morgan fingerprint density at radius 3 is 2.82 bits per heavy atom. The minimum absolute atomic E-state index is 0.364. The molecule has 3 nitrogen and oxygen atoms in total. The summed E-state index contributed by atoms with van der Waals surface area (Å²) in [6.45, 7) is 2.21. The van der Waals surface area contributed by atoms with Crippen LogP contribution in [-0.4, -0.2) is 16.6 Å². The zero-order valence-electron chi connectivity index (χ0n) is 10.5. The van der Waals surface area contributed by atoms with Crippen LogP contribution in [0.25, 0.3) is 11.0 Å². The molecule has 2 aromatic rings. The summed E-state index contributed by atoms with van der Waals surface area (Å²) in [5.41, 5.74) is 2.42. The molecule has 90 valence electrons. The van der Waals surface area contributed by atoms with Crippen LogP contribution >= 0.6 is 0 Å². The smallest absolute Gasteiger partial charge is 0.127 e. The van der Waals surface area contributed by atoms with Crippen LogP contribution < -0.4 is 5.32 Å². The van der Waals surface area contributed by atoms with E-state index in [0.29, 0.717) is 12.1 Å². The van der Waals surface area contributed by atoms with E-state index in [0.717, 1.165) is 11.9 Å². The number of hydrogen-bond acceptors (Lipinski definition) is 2. The summed E-state index contributed by atoms with van der Waals surface area (Å²) in [6.07, 6.45) is 3.67. The van der Waals surface area contributed by atoms with Crippen LogP contribution in [0.2, 0.25) is 0 Å². The molecular weight excluding hydrogens is 210 g/mol. The molecule has 1 unspecified atom stereocenters.